The number of carbonyl (C=O) groups is 1. The molecule has 0 aromatic heterocycles. The highest BCUT2D eigenvalue weighted by atomic mass is 32.2. The quantitative estimate of drug-likeness (QED) is 0.672. The molecule has 0 unspecified atom stereocenters. The van der Waals surface area contributed by atoms with Crippen molar-refractivity contribution in [1.82, 2.24) is 0 Å². The highest BCUT2D eigenvalue weighted by molar-refractivity contribution is 8.00. The van der Waals surface area contributed by atoms with Crippen molar-refractivity contribution in [2.75, 3.05) is 16.8 Å². The van der Waals surface area contributed by atoms with Crippen LogP contribution in [0.15, 0.2) is 47.4 Å². The molecule has 0 fully saturated rings. The van der Waals surface area contributed by atoms with Gasteiger partial charge in [-0.05, 0) is 36.4 Å². The summed E-state index contributed by atoms with van der Waals surface area (Å²) in [6.07, 6.45) is 0. The molecule has 2 aromatic carbocycles. The molecule has 0 saturated heterocycles. The smallest absolute Gasteiger partial charge is 0.234 e. The second-order valence-corrected chi connectivity index (χ2v) is 5.08. The molecule has 0 aliphatic heterocycles. The van der Waals surface area contributed by atoms with Gasteiger partial charge in [-0.15, -0.1) is 11.8 Å². The molecular formula is C14H12F2N2OS. The number of thioether (sulfide) groups is 1. The lowest BCUT2D eigenvalue weighted by Gasteiger charge is -2.06. The first-order chi connectivity index (χ1) is 9.54. The normalized spacial score (nSPS) is 10.3. The molecule has 3 nitrogen and oxygen atoms in total. The van der Waals surface area contributed by atoms with Crippen LogP contribution in [0, 0.1) is 11.6 Å². The Kier molecular flexibility index (Phi) is 4.57. The minimum absolute atomic E-state index is 0.0330. The van der Waals surface area contributed by atoms with Crippen LogP contribution < -0.4 is 11.1 Å². The lowest BCUT2D eigenvalue weighted by atomic mass is 10.3. The lowest BCUT2D eigenvalue weighted by Crippen LogP contribution is -2.15. The molecule has 2 aromatic rings. The van der Waals surface area contributed by atoms with E-state index < -0.39 is 11.6 Å². The van der Waals surface area contributed by atoms with Gasteiger partial charge in [-0.25, -0.2) is 8.78 Å². The van der Waals surface area contributed by atoms with Gasteiger partial charge in [-0.3, -0.25) is 4.79 Å². The third kappa shape index (κ3) is 3.96. The monoisotopic (exact) mass is 294 g/mol. The number of nitrogens with two attached hydrogens (primary N) is 1. The Bertz CT molecular complexity index is 617. The van der Waals surface area contributed by atoms with Crippen molar-refractivity contribution < 1.29 is 13.6 Å². The number of hydrogen-bond acceptors (Lipinski definition) is 3. The lowest BCUT2D eigenvalue weighted by molar-refractivity contribution is -0.113. The Morgan fingerprint density at radius 2 is 1.85 bits per heavy atom. The summed E-state index contributed by atoms with van der Waals surface area (Å²) in [5.74, 6) is -1.72. The van der Waals surface area contributed by atoms with Crippen LogP contribution in [-0.4, -0.2) is 11.7 Å². The highest BCUT2D eigenvalue weighted by Crippen LogP contribution is 2.20. The average Bonchev–Trinajstić information content (AvgIpc) is 2.41. The first-order valence-electron chi connectivity index (χ1n) is 5.78. The maximum Gasteiger partial charge on any atom is 0.234 e. The number of benzene rings is 2. The van der Waals surface area contributed by atoms with Gasteiger partial charge in [0.05, 0.1) is 11.4 Å². The standard InChI is InChI=1S/C14H12F2N2OS/c15-9-1-6-13(12(16)7-9)18-14(19)8-20-11-4-2-10(17)3-5-11/h1-7H,8,17H2,(H,18,19). The van der Waals surface area contributed by atoms with Crippen molar-refractivity contribution >= 4 is 29.0 Å². The van der Waals surface area contributed by atoms with E-state index in [1.54, 1.807) is 24.3 Å². The van der Waals surface area contributed by atoms with E-state index in [0.717, 1.165) is 17.0 Å². The second kappa shape index (κ2) is 6.38. The molecule has 104 valence electrons. The number of hydrogen-bond donors (Lipinski definition) is 2. The van der Waals surface area contributed by atoms with E-state index in [9.17, 15) is 13.6 Å². The van der Waals surface area contributed by atoms with Crippen LogP contribution in [0.25, 0.3) is 0 Å². The van der Waals surface area contributed by atoms with Gasteiger partial charge in [0.1, 0.15) is 11.6 Å². The zero-order valence-electron chi connectivity index (χ0n) is 10.4. The van der Waals surface area contributed by atoms with E-state index in [-0.39, 0.29) is 17.3 Å². The topological polar surface area (TPSA) is 55.1 Å². The van der Waals surface area contributed by atoms with Crippen molar-refractivity contribution in [3.63, 3.8) is 0 Å². The molecule has 1 amide bonds. The number of nitrogens with one attached hydrogen (secondary N) is 1. The van der Waals surface area contributed by atoms with Crippen molar-refractivity contribution in [2.45, 2.75) is 4.90 Å². The van der Waals surface area contributed by atoms with Crippen molar-refractivity contribution in [3.05, 3.63) is 54.1 Å². The Morgan fingerprint density at radius 3 is 2.50 bits per heavy atom. The number of anilines is 2. The van der Waals surface area contributed by atoms with Crippen LogP contribution in [0.3, 0.4) is 0 Å². The SMILES string of the molecule is Nc1ccc(SCC(=O)Nc2ccc(F)cc2F)cc1. The number of amides is 1. The van der Waals surface area contributed by atoms with Crippen LogP contribution in [0.1, 0.15) is 0 Å². The zero-order chi connectivity index (χ0) is 14.5. The number of rotatable bonds is 4. The summed E-state index contributed by atoms with van der Waals surface area (Å²) in [5.41, 5.74) is 6.17. The van der Waals surface area contributed by atoms with E-state index in [4.69, 9.17) is 5.73 Å². The van der Waals surface area contributed by atoms with E-state index >= 15 is 0 Å². The Morgan fingerprint density at radius 1 is 1.15 bits per heavy atom. The molecule has 0 radical (unpaired) electrons. The van der Waals surface area contributed by atoms with Crippen LogP contribution in [0.4, 0.5) is 20.2 Å². The van der Waals surface area contributed by atoms with Gasteiger partial charge in [0.2, 0.25) is 5.91 Å². The van der Waals surface area contributed by atoms with Gasteiger partial charge in [0, 0.05) is 16.6 Å². The first-order valence-corrected chi connectivity index (χ1v) is 6.76. The molecule has 0 bridgehead atoms. The summed E-state index contributed by atoms with van der Waals surface area (Å²) in [4.78, 5) is 12.6. The maximum atomic E-state index is 13.3. The fraction of sp³-hybridized carbons (Fsp3) is 0.0714. The van der Waals surface area contributed by atoms with Crippen molar-refractivity contribution in [3.8, 4) is 0 Å². The molecular weight excluding hydrogens is 282 g/mol. The maximum absolute atomic E-state index is 13.3. The number of halogens is 2. The van der Waals surface area contributed by atoms with Gasteiger partial charge in [0.15, 0.2) is 0 Å². The summed E-state index contributed by atoms with van der Waals surface area (Å²) >= 11 is 1.30. The Labute approximate surface area is 119 Å². The van der Waals surface area contributed by atoms with Crippen LogP contribution >= 0.6 is 11.8 Å². The zero-order valence-corrected chi connectivity index (χ0v) is 11.2. The summed E-state index contributed by atoms with van der Waals surface area (Å²) in [6.45, 7) is 0. The molecule has 0 saturated carbocycles. The van der Waals surface area contributed by atoms with Gasteiger partial charge < -0.3 is 11.1 Å². The fourth-order valence-corrected chi connectivity index (χ4v) is 2.19. The highest BCUT2D eigenvalue weighted by Gasteiger charge is 2.08. The van der Waals surface area contributed by atoms with E-state index in [1.165, 1.54) is 17.8 Å². The van der Waals surface area contributed by atoms with Crippen molar-refractivity contribution in [1.29, 1.82) is 0 Å². The molecule has 0 atom stereocenters. The summed E-state index contributed by atoms with van der Waals surface area (Å²) in [7, 11) is 0. The summed E-state index contributed by atoms with van der Waals surface area (Å²) in [5, 5.41) is 2.39. The predicted octanol–water partition coefficient (Wildman–Crippen LogP) is 3.28. The number of nitrogen functional groups attached to an aromatic ring is 1. The molecule has 0 aliphatic carbocycles. The third-order valence-corrected chi connectivity index (χ3v) is 3.47. The number of carbonyl (C=O) groups excluding carboxylic acids is 1. The largest absolute Gasteiger partial charge is 0.399 e. The molecule has 6 heteroatoms. The molecule has 20 heavy (non-hydrogen) atoms. The molecule has 0 aliphatic rings. The minimum atomic E-state index is -0.796. The minimum Gasteiger partial charge on any atom is -0.399 e. The summed E-state index contributed by atoms with van der Waals surface area (Å²) < 4.78 is 26.1. The predicted molar refractivity (Wildman–Crippen MR) is 76.6 cm³/mol. The van der Waals surface area contributed by atoms with Gasteiger partial charge in [0.25, 0.3) is 0 Å². The van der Waals surface area contributed by atoms with Crippen LogP contribution in [0.5, 0.6) is 0 Å². The first kappa shape index (κ1) is 14.3. The van der Waals surface area contributed by atoms with E-state index in [0.29, 0.717) is 5.69 Å². The fourth-order valence-electron chi connectivity index (χ4n) is 1.49. The summed E-state index contributed by atoms with van der Waals surface area (Å²) in [6, 6.07) is 10.1. The molecule has 2 rings (SSSR count). The van der Waals surface area contributed by atoms with Crippen molar-refractivity contribution in [2.24, 2.45) is 0 Å². The van der Waals surface area contributed by atoms with Gasteiger partial charge in [-0.1, -0.05) is 0 Å². The van der Waals surface area contributed by atoms with E-state index in [1.807, 2.05) is 0 Å². The molecule has 0 spiro atoms. The van der Waals surface area contributed by atoms with Gasteiger partial charge in [-0.2, -0.15) is 0 Å². The van der Waals surface area contributed by atoms with Gasteiger partial charge >= 0.3 is 0 Å². The average molecular weight is 294 g/mol. The molecule has 0 heterocycles. The van der Waals surface area contributed by atoms with Crippen LogP contribution in [0.2, 0.25) is 0 Å². The molecule has 3 N–H and O–H groups in total. The Balaban J connectivity index is 1.90. The Hall–Kier alpha value is -2.08. The van der Waals surface area contributed by atoms with E-state index in [2.05, 4.69) is 5.32 Å². The van der Waals surface area contributed by atoms with Crippen LogP contribution in [-0.2, 0) is 4.79 Å². The third-order valence-electron chi connectivity index (χ3n) is 2.46. The second-order valence-electron chi connectivity index (χ2n) is 4.03.